The lowest BCUT2D eigenvalue weighted by atomic mass is 10.1. The molecule has 0 aromatic rings. The molecule has 0 saturated carbocycles. The Labute approximate surface area is 114 Å². The van der Waals surface area contributed by atoms with Crippen molar-refractivity contribution < 1.29 is 4.74 Å². The molecule has 0 bridgehead atoms. The van der Waals surface area contributed by atoms with Crippen molar-refractivity contribution in [2.75, 3.05) is 26.2 Å². The zero-order valence-corrected chi connectivity index (χ0v) is 13.1. The van der Waals surface area contributed by atoms with Gasteiger partial charge in [0.25, 0.3) is 0 Å². The third kappa shape index (κ3) is 7.34. The summed E-state index contributed by atoms with van der Waals surface area (Å²) in [4.78, 5) is 2.62. The lowest BCUT2D eigenvalue weighted by molar-refractivity contribution is 0.0469. The van der Waals surface area contributed by atoms with Crippen molar-refractivity contribution in [3.8, 4) is 0 Å². The average Bonchev–Trinajstić information content (AvgIpc) is 2.34. The second kappa shape index (κ2) is 10.8. The van der Waals surface area contributed by atoms with Crippen LogP contribution in [0.4, 0.5) is 0 Å². The van der Waals surface area contributed by atoms with E-state index in [1.807, 2.05) is 6.92 Å². The Bertz CT molecular complexity index is 181. The van der Waals surface area contributed by atoms with Gasteiger partial charge in [0, 0.05) is 32.3 Å². The summed E-state index contributed by atoms with van der Waals surface area (Å²) in [6.45, 7) is 14.9. The minimum absolute atomic E-state index is 0.221. The minimum Gasteiger partial charge on any atom is -0.377 e. The molecule has 0 rings (SSSR count). The first-order valence-electron chi connectivity index (χ1n) is 7.64. The molecule has 0 aromatic carbocycles. The van der Waals surface area contributed by atoms with Gasteiger partial charge in [-0.05, 0) is 32.1 Å². The molecule has 1 unspecified atom stereocenters. The summed E-state index contributed by atoms with van der Waals surface area (Å²) in [5, 5.41) is 0. The molecule has 110 valence electrons. The number of nitrogens with two attached hydrogens (primary N) is 1. The van der Waals surface area contributed by atoms with Gasteiger partial charge in [0.15, 0.2) is 0 Å². The summed E-state index contributed by atoms with van der Waals surface area (Å²) < 4.78 is 5.64. The average molecular weight is 258 g/mol. The van der Waals surface area contributed by atoms with E-state index >= 15 is 0 Å². The topological polar surface area (TPSA) is 38.5 Å². The summed E-state index contributed by atoms with van der Waals surface area (Å²) >= 11 is 0. The Kier molecular flexibility index (Phi) is 10.7. The molecule has 2 N–H and O–H groups in total. The summed E-state index contributed by atoms with van der Waals surface area (Å²) in [6.07, 6.45) is 3.73. The van der Waals surface area contributed by atoms with Gasteiger partial charge in [-0.3, -0.25) is 0 Å². The van der Waals surface area contributed by atoms with Gasteiger partial charge in [-0.15, -0.1) is 0 Å². The lowest BCUT2D eigenvalue weighted by Crippen LogP contribution is -2.40. The van der Waals surface area contributed by atoms with Gasteiger partial charge in [0.1, 0.15) is 0 Å². The Morgan fingerprint density at radius 2 is 1.72 bits per heavy atom. The first kappa shape index (κ1) is 17.9. The van der Waals surface area contributed by atoms with Crippen LogP contribution in [0.5, 0.6) is 0 Å². The van der Waals surface area contributed by atoms with Gasteiger partial charge in [-0.25, -0.2) is 0 Å². The highest BCUT2D eigenvalue weighted by Crippen LogP contribution is 2.13. The van der Waals surface area contributed by atoms with E-state index in [1.165, 1.54) is 19.4 Å². The molecule has 0 heterocycles. The van der Waals surface area contributed by atoms with Crippen LogP contribution in [-0.2, 0) is 4.74 Å². The number of nitrogens with zero attached hydrogens (tertiary/aromatic N) is 1. The highest BCUT2D eigenvalue weighted by atomic mass is 16.5. The third-order valence-electron chi connectivity index (χ3n) is 3.46. The second-order valence-electron chi connectivity index (χ2n) is 5.46. The zero-order chi connectivity index (χ0) is 14.0. The van der Waals surface area contributed by atoms with E-state index in [1.54, 1.807) is 0 Å². The molecule has 0 fully saturated rings. The second-order valence-corrected chi connectivity index (χ2v) is 5.46. The maximum absolute atomic E-state index is 5.74. The van der Waals surface area contributed by atoms with Crippen LogP contribution in [0.3, 0.4) is 0 Å². The predicted octanol–water partition coefficient (Wildman–Crippen LogP) is 2.89. The minimum atomic E-state index is 0.221. The van der Waals surface area contributed by atoms with Crippen LogP contribution in [0.2, 0.25) is 0 Å². The fourth-order valence-corrected chi connectivity index (χ4v) is 2.51. The summed E-state index contributed by atoms with van der Waals surface area (Å²) in [6, 6.07) is 0.701. The van der Waals surface area contributed by atoms with Crippen LogP contribution in [0.15, 0.2) is 0 Å². The van der Waals surface area contributed by atoms with Crippen molar-refractivity contribution in [3.63, 3.8) is 0 Å². The lowest BCUT2D eigenvalue weighted by Gasteiger charge is -2.33. The van der Waals surface area contributed by atoms with Gasteiger partial charge in [-0.1, -0.05) is 27.7 Å². The molecule has 0 radical (unpaired) electrons. The molecule has 3 heteroatoms. The highest BCUT2D eigenvalue weighted by Gasteiger charge is 2.17. The van der Waals surface area contributed by atoms with Crippen LogP contribution < -0.4 is 5.73 Å². The molecule has 0 aliphatic rings. The van der Waals surface area contributed by atoms with Gasteiger partial charge < -0.3 is 15.4 Å². The van der Waals surface area contributed by atoms with E-state index in [4.69, 9.17) is 10.5 Å². The quantitative estimate of drug-likeness (QED) is 0.619. The zero-order valence-electron chi connectivity index (χ0n) is 13.1. The molecule has 0 aromatic heterocycles. The van der Waals surface area contributed by atoms with Crippen molar-refractivity contribution in [1.82, 2.24) is 4.90 Å². The molecule has 0 saturated heterocycles. The molecule has 0 aliphatic carbocycles. The SMILES string of the molecule is CCOC(CN)CCN(CC(C)C)C(CC)CC. The summed E-state index contributed by atoms with van der Waals surface area (Å²) in [7, 11) is 0. The maximum atomic E-state index is 5.74. The van der Waals surface area contributed by atoms with Crippen molar-refractivity contribution >= 4 is 0 Å². The van der Waals surface area contributed by atoms with Gasteiger partial charge in [0.2, 0.25) is 0 Å². The predicted molar refractivity (Wildman–Crippen MR) is 79.9 cm³/mol. The Balaban J connectivity index is 4.29. The molecular formula is C15H34N2O. The van der Waals surface area contributed by atoms with Crippen LogP contribution in [-0.4, -0.2) is 43.3 Å². The summed E-state index contributed by atoms with van der Waals surface area (Å²) in [5.41, 5.74) is 5.74. The van der Waals surface area contributed by atoms with Crippen molar-refractivity contribution in [2.45, 2.75) is 66.0 Å². The first-order valence-corrected chi connectivity index (χ1v) is 7.64. The smallest absolute Gasteiger partial charge is 0.0709 e. The van der Waals surface area contributed by atoms with E-state index in [-0.39, 0.29) is 6.10 Å². The molecule has 1 atom stereocenters. The molecule has 3 nitrogen and oxygen atoms in total. The van der Waals surface area contributed by atoms with E-state index in [0.29, 0.717) is 18.5 Å². The number of rotatable bonds is 11. The van der Waals surface area contributed by atoms with E-state index < -0.39 is 0 Å². The Morgan fingerprint density at radius 3 is 2.11 bits per heavy atom. The monoisotopic (exact) mass is 258 g/mol. The largest absolute Gasteiger partial charge is 0.377 e. The van der Waals surface area contributed by atoms with E-state index in [2.05, 4.69) is 32.6 Å². The van der Waals surface area contributed by atoms with Crippen LogP contribution in [0, 0.1) is 5.92 Å². The standard InChI is InChI=1S/C15H34N2O/c1-6-14(7-2)17(12-13(4)5)10-9-15(11-16)18-8-3/h13-15H,6-12,16H2,1-5H3. The molecule has 0 aliphatic heterocycles. The van der Waals surface area contributed by atoms with Gasteiger partial charge in [0.05, 0.1) is 6.10 Å². The summed E-state index contributed by atoms with van der Waals surface area (Å²) in [5.74, 6) is 0.717. The number of hydrogen-bond acceptors (Lipinski definition) is 3. The van der Waals surface area contributed by atoms with Crippen LogP contribution in [0.1, 0.15) is 53.9 Å². The number of ether oxygens (including phenoxy) is 1. The van der Waals surface area contributed by atoms with Gasteiger partial charge >= 0.3 is 0 Å². The normalized spacial score (nSPS) is 13.8. The molecule has 18 heavy (non-hydrogen) atoms. The van der Waals surface area contributed by atoms with Crippen LogP contribution >= 0.6 is 0 Å². The van der Waals surface area contributed by atoms with Crippen LogP contribution in [0.25, 0.3) is 0 Å². The molecule has 0 spiro atoms. The fourth-order valence-electron chi connectivity index (χ4n) is 2.51. The fraction of sp³-hybridized carbons (Fsp3) is 1.00. The number of hydrogen-bond donors (Lipinski definition) is 1. The maximum Gasteiger partial charge on any atom is 0.0709 e. The first-order chi connectivity index (χ1) is 8.58. The van der Waals surface area contributed by atoms with Crippen molar-refractivity contribution in [2.24, 2.45) is 11.7 Å². The van der Waals surface area contributed by atoms with E-state index in [9.17, 15) is 0 Å². The molecule has 0 amide bonds. The Hall–Kier alpha value is -0.120. The third-order valence-corrected chi connectivity index (χ3v) is 3.46. The Morgan fingerprint density at radius 1 is 1.11 bits per heavy atom. The van der Waals surface area contributed by atoms with E-state index in [0.717, 1.165) is 19.6 Å². The molecular weight excluding hydrogens is 224 g/mol. The van der Waals surface area contributed by atoms with Crippen molar-refractivity contribution in [1.29, 1.82) is 0 Å². The van der Waals surface area contributed by atoms with Crippen molar-refractivity contribution in [3.05, 3.63) is 0 Å². The highest BCUT2D eigenvalue weighted by molar-refractivity contribution is 4.72. The van der Waals surface area contributed by atoms with Gasteiger partial charge in [-0.2, -0.15) is 0 Å².